The third-order valence-corrected chi connectivity index (χ3v) is 11.9. The number of aryl methyl sites for hydroxylation is 1. The molecule has 258 valence electrons. The number of phenolic OH excluding ortho intramolecular Hbond substituents is 1. The van der Waals surface area contributed by atoms with Gasteiger partial charge in [0.2, 0.25) is 23.6 Å². The number of hydrogen-bond acceptors (Lipinski definition) is 6. The SMILES string of the molecule is CCc1ccc(N2C(=O)C3CC=C4C(CC5C(=O)N(c6cccc(Cl)c6)C(=O)C5(c5ccccc5)C4c4cc(Cl)c(O)c(OC)c4)C3C2=O)cc1. The Morgan fingerprint density at radius 3 is 2.25 bits per heavy atom. The van der Waals surface area contributed by atoms with E-state index in [-0.39, 0.29) is 41.2 Å². The van der Waals surface area contributed by atoms with Gasteiger partial charge in [-0.3, -0.25) is 24.1 Å². The number of halogens is 2. The maximum Gasteiger partial charge on any atom is 0.246 e. The van der Waals surface area contributed by atoms with Crippen LogP contribution in [0.3, 0.4) is 0 Å². The lowest BCUT2D eigenvalue weighted by Crippen LogP contribution is -2.53. The molecule has 51 heavy (non-hydrogen) atoms. The van der Waals surface area contributed by atoms with Crippen LogP contribution < -0.4 is 14.5 Å². The van der Waals surface area contributed by atoms with E-state index in [4.69, 9.17) is 27.9 Å². The summed E-state index contributed by atoms with van der Waals surface area (Å²) in [4.78, 5) is 61.4. The number of allylic oxidation sites excluding steroid dienone is 2. The molecular formula is C41H34Cl2N2O6. The largest absolute Gasteiger partial charge is 0.503 e. The topological polar surface area (TPSA) is 104 Å². The van der Waals surface area contributed by atoms with Gasteiger partial charge in [-0.25, -0.2) is 4.90 Å². The van der Waals surface area contributed by atoms with Crippen LogP contribution in [-0.2, 0) is 31.0 Å². The molecule has 6 unspecified atom stereocenters. The first-order valence-electron chi connectivity index (χ1n) is 17.0. The smallest absolute Gasteiger partial charge is 0.246 e. The van der Waals surface area contributed by atoms with Crippen molar-refractivity contribution in [1.82, 2.24) is 0 Å². The standard InChI is InChI=1S/C41H34Cl2N2O6/c1-3-22-12-14-26(15-13-22)44-37(47)29-17-16-28-30(34(29)39(44)49)21-31-38(48)45(27-11-7-10-25(42)20-27)40(50)41(31,24-8-5-4-6-9-24)35(28)23-18-32(43)36(46)33(19-23)51-2/h4-16,18-20,29-31,34-35,46H,3,17,21H2,1-2H3. The highest BCUT2D eigenvalue weighted by atomic mass is 35.5. The fraction of sp³-hybridized carbons (Fsp3) is 0.268. The number of carbonyl (C=O) groups is 4. The summed E-state index contributed by atoms with van der Waals surface area (Å²) in [6.45, 7) is 2.04. The molecule has 0 spiro atoms. The summed E-state index contributed by atoms with van der Waals surface area (Å²) < 4.78 is 5.54. The summed E-state index contributed by atoms with van der Waals surface area (Å²) in [6, 6.07) is 26.5. The summed E-state index contributed by atoms with van der Waals surface area (Å²) in [5, 5.41) is 11.2. The number of rotatable bonds is 6. The van der Waals surface area contributed by atoms with Crippen molar-refractivity contribution in [2.75, 3.05) is 16.9 Å². The van der Waals surface area contributed by atoms with E-state index in [1.54, 1.807) is 48.5 Å². The fourth-order valence-corrected chi connectivity index (χ4v) is 9.57. The molecule has 4 aromatic carbocycles. The van der Waals surface area contributed by atoms with Gasteiger partial charge in [0, 0.05) is 10.9 Å². The van der Waals surface area contributed by atoms with Crippen LogP contribution in [-0.4, -0.2) is 35.8 Å². The van der Waals surface area contributed by atoms with Crippen LogP contribution in [0.25, 0.3) is 0 Å². The Hall–Kier alpha value is -4.92. The molecule has 8 rings (SSSR count). The van der Waals surface area contributed by atoms with Gasteiger partial charge >= 0.3 is 0 Å². The number of ether oxygens (including phenoxy) is 1. The molecule has 2 saturated heterocycles. The zero-order chi connectivity index (χ0) is 35.8. The second kappa shape index (κ2) is 12.4. The molecule has 4 amide bonds. The van der Waals surface area contributed by atoms with Crippen molar-refractivity contribution in [2.45, 2.75) is 37.5 Å². The summed E-state index contributed by atoms with van der Waals surface area (Å²) in [6.07, 6.45) is 3.24. The van der Waals surface area contributed by atoms with Crippen molar-refractivity contribution in [2.24, 2.45) is 23.7 Å². The van der Waals surface area contributed by atoms with Crippen LogP contribution in [0, 0.1) is 23.7 Å². The Kier molecular flexibility index (Phi) is 8.07. The summed E-state index contributed by atoms with van der Waals surface area (Å²) in [7, 11) is 1.41. The molecule has 2 aliphatic heterocycles. The van der Waals surface area contributed by atoms with Gasteiger partial charge in [0.25, 0.3) is 0 Å². The number of carbonyl (C=O) groups excluding carboxylic acids is 4. The van der Waals surface area contributed by atoms with Crippen LogP contribution in [0.5, 0.6) is 11.5 Å². The van der Waals surface area contributed by atoms with E-state index >= 15 is 4.79 Å². The molecule has 1 saturated carbocycles. The molecule has 4 aliphatic rings. The quantitative estimate of drug-likeness (QED) is 0.162. The predicted molar refractivity (Wildman–Crippen MR) is 194 cm³/mol. The fourth-order valence-electron chi connectivity index (χ4n) is 9.17. The Morgan fingerprint density at radius 1 is 0.824 bits per heavy atom. The van der Waals surface area contributed by atoms with Gasteiger partial charge in [-0.1, -0.05) is 90.3 Å². The highest BCUT2D eigenvalue weighted by molar-refractivity contribution is 6.33. The Bertz CT molecular complexity index is 2150. The average molecular weight is 722 g/mol. The van der Waals surface area contributed by atoms with Gasteiger partial charge in [-0.15, -0.1) is 0 Å². The number of anilines is 2. The number of methoxy groups -OCH3 is 1. The highest BCUT2D eigenvalue weighted by Crippen LogP contribution is 2.65. The predicted octanol–water partition coefficient (Wildman–Crippen LogP) is 7.64. The average Bonchev–Trinajstić information content (AvgIpc) is 3.53. The number of hydrogen-bond donors (Lipinski definition) is 1. The van der Waals surface area contributed by atoms with E-state index < -0.39 is 46.8 Å². The van der Waals surface area contributed by atoms with Gasteiger partial charge in [0.1, 0.15) is 0 Å². The molecule has 3 fully saturated rings. The lowest BCUT2D eigenvalue weighted by Gasteiger charge is -2.50. The van der Waals surface area contributed by atoms with Gasteiger partial charge in [-0.2, -0.15) is 0 Å². The van der Waals surface area contributed by atoms with Crippen LogP contribution in [0.4, 0.5) is 11.4 Å². The summed E-state index contributed by atoms with van der Waals surface area (Å²) in [5.74, 6) is -5.29. The summed E-state index contributed by atoms with van der Waals surface area (Å²) in [5.41, 5.74) is 2.39. The molecule has 4 aromatic rings. The molecule has 6 atom stereocenters. The second-order valence-electron chi connectivity index (χ2n) is 13.7. The van der Waals surface area contributed by atoms with Crippen molar-refractivity contribution < 1.29 is 29.0 Å². The number of imide groups is 2. The number of fused-ring (bicyclic) bond motifs is 4. The monoisotopic (exact) mass is 720 g/mol. The van der Waals surface area contributed by atoms with Gasteiger partial charge in [0.05, 0.1) is 46.7 Å². The van der Waals surface area contributed by atoms with Crippen molar-refractivity contribution in [3.8, 4) is 11.5 Å². The van der Waals surface area contributed by atoms with E-state index in [1.165, 1.54) is 16.9 Å². The lowest BCUT2D eigenvalue weighted by molar-refractivity contribution is -0.127. The number of amides is 4. The maximum atomic E-state index is 15.4. The van der Waals surface area contributed by atoms with Crippen molar-refractivity contribution >= 4 is 58.2 Å². The molecule has 8 nitrogen and oxygen atoms in total. The van der Waals surface area contributed by atoms with Gasteiger partial charge in [-0.05, 0) is 84.3 Å². The minimum absolute atomic E-state index is 0.0119. The van der Waals surface area contributed by atoms with E-state index in [1.807, 2.05) is 55.5 Å². The molecule has 0 radical (unpaired) electrons. The minimum Gasteiger partial charge on any atom is -0.503 e. The van der Waals surface area contributed by atoms with Crippen LogP contribution in [0.15, 0.2) is 103 Å². The lowest BCUT2D eigenvalue weighted by atomic mass is 9.49. The van der Waals surface area contributed by atoms with E-state index in [0.29, 0.717) is 27.5 Å². The third kappa shape index (κ3) is 4.80. The number of phenols is 1. The first kappa shape index (κ1) is 33.2. The molecule has 0 aromatic heterocycles. The Morgan fingerprint density at radius 2 is 1.57 bits per heavy atom. The van der Waals surface area contributed by atoms with Crippen LogP contribution in [0.1, 0.15) is 42.4 Å². The first-order chi connectivity index (χ1) is 24.6. The molecule has 0 bridgehead atoms. The normalized spacial score (nSPS) is 26.9. The van der Waals surface area contributed by atoms with Crippen molar-refractivity contribution in [3.05, 3.63) is 129 Å². The van der Waals surface area contributed by atoms with Crippen LogP contribution in [0.2, 0.25) is 10.0 Å². The zero-order valence-electron chi connectivity index (χ0n) is 27.9. The Balaban J connectivity index is 1.36. The summed E-state index contributed by atoms with van der Waals surface area (Å²) >= 11 is 13.0. The number of benzene rings is 4. The highest BCUT2D eigenvalue weighted by Gasteiger charge is 2.70. The zero-order valence-corrected chi connectivity index (χ0v) is 29.4. The van der Waals surface area contributed by atoms with E-state index in [0.717, 1.165) is 17.6 Å². The third-order valence-electron chi connectivity index (χ3n) is 11.4. The van der Waals surface area contributed by atoms with Gasteiger partial charge < -0.3 is 9.84 Å². The van der Waals surface area contributed by atoms with Crippen molar-refractivity contribution in [1.29, 1.82) is 0 Å². The second-order valence-corrected chi connectivity index (χ2v) is 14.5. The molecule has 1 N–H and O–H groups in total. The van der Waals surface area contributed by atoms with Crippen LogP contribution >= 0.6 is 23.2 Å². The molecular weight excluding hydrogens is 687 g/mol. The van der Waals surface area contributed by atoms with E-state index in [2.05, 4.69) is 0 Å². The number of nitrogens with zero attached hydrogens (tertiary/aromatic N) is 2. The maximum absolute atomic E-state index is 15.4. The number of aromatic hydroxyl groups is 1. The minimum atomic E-state index is -1.48. The molecule has 2 heterocycles. The first-order valence-corrected chi connectivity index (χ1v) is 17.8. The molecule has 10 heteroatoms. The molecule has 2 aliphatic carbocycles. The van der Waals surface area contributed by atoms with Gasteiger partial charge in [0.15, 0.2) is 11.5 Å². The van der Waals surface area contributed by atoms with E-state index in [9.17, 15) is 19.5 Å². The van der Waals surface area contributed by atoms with Crippen molar-refractivity contribution in [3.63, 3.8) is 0 Å². The Labute approximate surface area is 305 Å².